The molecule has 1 aliphatic heterocycles. The van der Waals surface area contributed by atoms with Crippen LogP contribution in [0.1, 0.15) is 13.3 Å². The van der Waals surface area contributed by atoms with Crippen molar-refractivity contribution >= 4 is 22.8 Å². The van der Waals surface area contributed by atoms with E-state index in [4.69, 9.17) is 0 Å². The van der Waals surface area contributed by atoms with Gasteiger partial charge in [-0.1, -0.05) is 17.3 Å². The molecule has 1 fully saturated rings. The second kappa shape index (κ2) is 5.45. The van der Waals surface area contributed by atoms with Crippen molar-refractivity contribution in [2.45, 2.75) is 19.9 Å². The van der Waals surface area contributed by atoms with E-state index in [0.717, 1.165) is 4.68 Å². The smallest absolute Gasteiger partial charge is 0.311 e. The van der Waals surface area contributed by atoms with E-state index in [1.165, 1.54) is 4.90 Å². The van der Waals surface area contributed by atoms with Crippen molar-refractivity contribution < 1.29 is 14.7 Å². The molecule has 8 nitrogen and oxygen atoms in total. The van der Waals surface area contributed by atoms with Crippen molar-refractivity contribution in [2.75, 3.05) is 13.1 Å². The monoisotopic (exact) mass is 316 g/mol. The van der Waals surface area contributed by atoms with Gasteiger partial charge < -0.3 is 10.0 Å². The van der Waals surface area contributed by atoms with Gasteiger partial charge in [0, 0.05) is 13.1 Å². The molecule has 8 heteroatoms. The molecule has 1 saturated heterocycles. The SMILES string of the molecule is C[C@@]1(C(=O)O)CCN(C(=O)Cn2nnc3ccccc3c2=O)C1. The lowest BCUT2D eigenvalue weighted by molar-refractivity contribution is -0.147. The molecule has 1 atom stereocenters. The van der Waals surface area contributed by atoms with Crippen molar-refractivity contribution in [3.8, 4) is 0 Å². The Hall–Kier alpha value is -2.77. The standard InChI is InChI=1S/C15H16N4O4/c1-15(14(22)23)6-7-18(9-15)12(20)8-19-13(21)10-4-2-3-5-11(10)16-17-19/h2-5H,6-9H2,1H3,(H,22,23)/t15-/m1/s1. The van der Waals surface area contributed by atoms with Crippen molar-refractivity contribution in [1.29, 1.82) is 0 Å². The summed E-state index contributed by atoms with van der Waals surface area (Å²) in [6.07, 6.45) is 0.395. The van der Waals surface area contributed by atoms with Crippen molar-refractivity contribution in [2.24, 2.45) is 5.41 Å². The van der Waals surface area contributed by atoms with E-state index in [1.54, 1.807) is 31.2 Å². The molecule has 0 spiro atoms. The molecule has 2 aromatic rings. The maximum Gasteiger partial charge on any atom is 0.311 e. The fourth-order valence-corrected chi connectivity index (χ4v) is 2.70. The molecule has 0 aliphatic carbocycles. The average molecular weight is 316 g/mol. The number of rotatable bonds is 3. The van der Waals surface area contributed by atoms with Gasteiger partial charge in [-0.05, 0) is 25.5 Å². The van der Waals surface area contributed by atoms with Gasteiger partial charge in [-0.25, -0.2) is 4.68 Å². The highest BCUT2D eigenvalue weighted by Gasteiger charge is 2.42. The number of carboxylic acid groups (broad SMARTS) is 1. The maximum absolute atomic E-state index is 12.3. The Labute approximate surface area is 131 Å². The van der Waals surface area contributed by atoms with Crippen LogP contribution in [0, 0.1) is 5.41 Å². The van der Waals surface area contributed by atoms with E-state index in [9.17, 15) is 19.5 Å². The number of carbonyl (C=O) groups excluding carboxylic acids is 1. The number of amides is 1. The van der Waals surface area contributed by atoms with Gasteiger partial charge in [0.05, 0.1) is 10.8 Å². The van der Waals surface area contributed by atoms with E-state index < -0.39 is 11.4 Å². The Morgan fingerprint density at radius 1 is 1.35 bits per heavy atom. The van der Waals surface area contributed by atoms with Gasteiger partial charge in [-0.2, -0.15) is 0 Å². The number of benzene rings is 1. The third-order valence-corrected chi connectivity index (χ3v) is 4.26. The fraction of sp³-hybridized carbons (Fsp3) is 0.400. The molecule has 23 heavy (non-hydrogen) atoms. The lowest BCUT2D eigenvalue weighted by Crippen LogP contribution is -2.39. The summed E-state index contributed by atoms with van der Waals surface area (Å²) in [4.78, 5) is 37.3. The first kappa shape index (κ1) is 15.1. The van der Waals surface area contributed by atoms with Crippen LogP contribution in [0.4, 0.5) is 0 Å². The Morgan fingerprint density at radius 2 is 2.09 bits per heavy atom. The zero-order valence-corrected chi connectivity index (χ0v) is 12.6. The van der Waals surface area contributed by atoms with Crippen LogP contribution in [-0.2, 0) is 16.1 Å². The zero-order chi connectivity index (χ0) is 16.6. The second-order valence-electron chi connectivity index (χ2n) is 6.00. The minimum Gasteiger partial charge on any atom is -0.481 e. The number of carbonyl (C=O) groups is 2. The number of fused-ring (bicyclic) bond motifs is 1. The van der Waals surface area contributed by atoms with Crippen LogP contribution >= 0.6 is 0 Å². The quantitative estimate of drug-likeness (QED) is 0.862. The summed E-state index contributed by atoms with van der Waals surface area (Å²) < 4.78 is 1.01. The molecular weight excluding hydrogens is 300 g/mol. The topological polar surface area (TPSA) is 105 Å². The molecule has 1 aliphatic rings. The van der Waals surface area contributed by atoms with Crippen molar-refractivity contribution in [1.82, 2.24) is 19.9 Å². The predicted octanol–water partition coefficient (Wildman–Crippen LogP) is 0.115. The molecule has 2 heterocycles. The first-order valence-corrected chi connectivity index (χ1v) is 7.24. The first-order valence-electron chi connectivity index (χ1n) is 7.24. The van der Waals surface area contributed by atoms with Gasteiger partial charge in [0.1, 0.15) is 12.1 Å². The summed E-state index contributed by atoms with van der Waals surface area (Å²) in [7, 11) is 0. The van der Waals surface area contributed by atoms with Gasteiger partial charge in [0.25, 0.3) is 5.56 Å². The second-order valence-corrected chi connectivity index (χ2v) is 6.00. The molecule has 3 rings (SSSR count). The first-order chi connectivity index (χ1) is 10.9. The molecule has 1 amide bonds. The van der Waals surface area contributed by atoms with Gasteiger partial charge >= 0.3 is 5.97 Å². The average Bonchev–Trinajstić information content (AvgIpc) is 2.94. The highest BCUT2D eigenvalue weighted by Crippen LogP contribution is 2.30. The lowest BCUT2D eigenvalue weighted by atomic mass is 9.90. The maximum atomic E-state index is 12.3. The number of likely N-dealkylation sites (tertiary alicyclic amines) is 1. The zero-order valence-electron chi connectivity index (χ0n) is 12.6. The predicted molar refractivity (Wildman–Crippen MR) is 80.7 cm³/mol. The van der Waals surface area contributed by atoms with E-state index >= 15 is 0 Å². The van der Waals surface area contributed by atoms with E-state index in [0.29, 0.717) is 23.9 Å². The van der Waals surface area contributed by atoms with Crippen LogP contribution in [0.5, 0.6) is 0 Å². The number of aromatic nitrogens is 3. The van der Waals surface area contributed by atoms with E-state index in [1.807, 2.05) is 0 Å². The van der Waals surface area contributed by atoms with Crippen LogP contribution < -0.4 is 5.56 Å². The number of aliphatic carboxylic acids is 1. The van der Waals surface area contributed by atoms with Crippen molar-refractivity contribution in [3.05, 3.63) is 34.6 Å². The van der Waals surface area contributed by atoms with Gasteiger partial charge in [0.15, 0.2) is 0 Å². The molecule has 1 aromatic heterocycles. The third kappa shape index (κ3) is 2.67. The summed E-state index contributed by atoms with van der Waals surface area (Å²) in [5.74, 6) is -1.25. The summed E-state index contributed by atoms with van der Waals surface area (Å²) in [6.45, 7) is 1.87. The van der Waals surface area contributed by atoms with E-state index in [-0.39, 0.29) is 24.6 Å². The molecule has 120 valence electrons. The van der Waals surface area contributed by atoms with Crippen LogP contribution in [0.25, 0.3) is 10.9 Å². The van der Waals surface area contributed by atoms with Crippen LogP contribution in [0.15, 0.2) is 29.1 Å². The normalized spacial score (nSPS) is 20.8. The molecular formula is C15H16N4O4. The largest absolute Gasteiger partial charge is 0.481 e. The molecule has 0 bridgehead atoms. The summed E-state index contributed by atoms with van der Waals surface area (Å²) in [6, 6.07) is 6.78. The summed E-state index contributed by atoms with van der Waals surface area (Å²) in [5.41, 5.74) is -0.847. The van der Waals surface area contributed by atoms with Crippen LogP contribution in [-0.4, -0.2) is 50.0 Å². The van der Waals surface area contributed by atoms with Crippen molar-refractivity contribution in [3.63, 3.8) is 0 Å². The Bertz CT molecular complexity index is 847. The molecule has 1 N–H and O–H groups in total. The summed E-state index contributed by atoms with van der Waals surface area (Å²) in [5, 5.41) is 17.3. The molecule has 0 unspecified atom stereocenters. The van der Waals surface area contributed by atoms with Gasteiger partial charge in [-0.3, -0.25) is 14.4 Å². The van der Waals surface area contributed by atoms with E-state index in [2.05, 4.69) is 10.3 Å². The Balaban J connectivity index is 1.80. The number of nitrogens with zero attached hydrogens (tertiary/aromatic N) is 4. The minimum atomic E-state index is -0.935. The van der Waals surface area contributed by atoms with Crippen LogP contribution in [0.3, 0.4) is 0 Å². The Kier molecular flexibility index (Phi) is 3.59. The lowest BCUT2D eigenvalue weighted by Gasteiger charge is -2.20. The summed E-state index contributed by atoms with van der Waals surface area (Å²) >= 11 is 0. The highest BCUT2D eigenvalue weighted by atomic mass is 16.4. The number of hydrogen-bond donors (Lipinski definition) is 1. The van der Waals surface area contributed by atoms with Gasteiger partial charge in [0.2, 0.25) is 5.91 Å². The molecule has 0 radical (unpaired) electrons. The highest BCUT2D eigenvalue weighted by molar-refractivity contribution is 5.81. The van der Waals surface area contributed by atoms with Gasteiger partial charge in [-0.15, -0.1) is 5.10 Å². The molecule has 1 aromatic carbocycles. The number of carboxylic acids is 1. The fourth-order valence-electron chi connectivity index (χ4n) is 2.70. The molecule has 0 saturated carbocycles. The Morgan fingerprint density at radius 3 is 2.78 bits per heavy atom. The third-order valence-electron chi connectivity index (χ3n) is 4.26. The number of hydrogen-bond acceptors (Lipinski definition) is 5. The van der Waals surface area contributed by atoms with Crippen LogP contribution in [0.2, 0.25) is 0 Å². The minimum absolute atomic E-state index is 0.136.